The Morgan fingerprint density at radius 3 is 3.06 bits per heavy atom. The average molecular weight is 301 g/mol. The third-order valence-corrected chi connectivity index (χ3v) is 3.86. The molecule has 3 rings (SSSR count). The molecule has 1 aliphatic heterocycles. The van der Waals surface area contributed by atoms with Gasteiger partial charge in [0, 0.05) is 5.41 Å². The van der Waals surface area contributed by atoms with E-state index in [0.29, 0.717) is 29.3 Å². The predicted octanol–water partition coefficient (Wildman–Crippen LogP) is 1.99. The van der Waals surface area contributed by atoms with Crippen LogP contribution in [0.5, 0.6) is 5.88 Å². The number of halogens is 1. The Morgan fingerprint density at radius 2 is 2.41 bits per heavy atom. The Kier molecular flexibility index (Phi) is 2.43. The van der Waals surface area contributed by atoms with Crippen molar-refractivity contribution in [3.63, 3.8) is 0 Å². The largest absolute Gasteiger partial charge is 0.477 e. The molecule has 1 saturated carbocycles. The van der Waals surface area contributed by atoms with Crippen molar-refractivity contribution in [2.45, 2.75) is 26.3 Å². The first-order valence-corrected chi connectivity index (χ1v) is 6.51. The second-order valence-electron chi connectivity index (χ2n) is 4.64. The van der Waals surface area contributed by atoms with Crippen molar-refractivity contribution in [2.24, 2.45) is 5.41 Å². The second-order valence-corrected chi connectivity index (χ2v) is 5.39. The highest BCUT2D eigenvalue weighted by molar-refractivity contribution is 9.10. The van der Waals surface area contributed by atoms with Crippen LogP contribution in [0.1, 0.15) is 30.1 Å². The first kappa shape index (κ1) is 11.1. The standard InChI is InChI=1S/C11H13BrN2O3/c1-2-16-10(15)7-8(12)13-14-5-11(3-4-11)6-17-9(7)14/h2-6H2,1H3. The van der Waals surface area contributed by atoms with E-state index in [4.69, 9.17) is 9.47 Å². The molecule has 1 spiro atoms. The summed E-state index contributed by atoms with van der Waals surface area (Å²) in [5.74, 6) is 0.153. The van der Waals surface area contributed by atoms with E-state index in [9.17, 15) is 4.79 Å². The van der Waals surface area contributed by atoms with Gasteiger partial charge in [0.2, 0.25) is 5.88 Å². The Labute approximate surface area is 107 Å². The first-order valence-electron chi connectivity index (χ1n) is 5.71. The summed E-state index contributed by atoms with van der Waals surface area (Å²) in [6.07, 6.45) is 2.36. The van der Waals surface area contributed by atoms with Gasteiger partial charge in [-0.1, -0.05) is 0 Å². The maximum Gasteiger partial charge on any atom is 0.346 e. The minimum atomic E-state index is -0.382. The monoisotopic (exact) mass is 300 g/mol. The fourth-order valence-corrected chi connectivity index (χ4v) is 2.63. The average Bonchev–Trinajstić information content (AvgIpc) is 2.93. The van der Waals surface area contributed by atoms with E-state index in [1.54, 1.807) is 11.6 Å². The Morgan fingerprint density at radius 1 is 1.65 bits per heavy atom. The lowest BCUT2D eigenvalue weighted by Crippen LogP contribution is -2.27. The van der Waals surface area contributed by atoms with Crippen LogP contribution in [0.3, 0.4) is 0 Å². The molecule has 17 heavy (non-hydrogen) atoms. The van der Waals surface area contributed by atoms with Crippen LogP contribution >= 0.6 is 15.9 Å². The van der Waals surface area contributed by atoms with Gasteiger partial charge in [0.05, 0.1) is 19.8 Å². The van der Waals surface area contributed by atoms with E-state index in [1.165, 1.54) is 12.8 Å². The first-order chi connectivity index (χ1) is 8.15. The third-order valence-electron chi connectivity index (χ3n) is 3.30. The zero-order valence-corrected chi connectivity index (χ0v) is 11.1. The van der Waals surface area contributed by atoms with Gasteiger partial charge < -0.3 is 9.47 Å². The summed E-state index contributed by atoms with van der Waals surface area (Å²) in [6.45, 7) is 3.64. The van der Waals surface area contributed by atoms with Gasteiger partial charge in [-0.2, -0.15) is 5.10 Å². The number of carbonyl (C=O) groups is 1. The Hall–Kier alpha value is -1.04. The summed E-state index contributed by atoms with van der Waals surface area (Å²) < 4.78 is 13.0. The van der Waals surface area contributed by atoms with Crippen LogP contribution in [-0.2, 0) is 11.3 Å². The number of esters is 1. The van der Waals surface area contributed by atoms with Gasteiger partial charge in [0.15, 0.2) is 5.56 Å². The number of rotatable bonds is 2. The van der Waals surface area contributed by atoms with Crippen LogP contribution in [0.2, 0.25) is 0 Å². The molecule has 0 radical (unpaired) electrons. The molecule has 0 N–H and O–H groups in total. The zero-order chi connectivity index (χ0) is 12.0. The van der Waals surface area contributed by atoms with Crippen LogP contribution in [0, 0.1) is 5.41 Å². The number of fused-ring (bicyclic) bond motifs is 1. The molecule has 0 saturated heterocycles. The van der Waals surface area contributed by atoms with E-state index in [-0.39, 0.29) is 11.4 Å². The van der Waals surface area contributed by atoms with Crippen molar-refractivity contribution in [2.75, 3.05) is 13.2 Å². The Bertz CT molecular complexity index is 479. The van der Waals surface area contributed by atoms with Crippen LogP contribution in [0.15, 0.2) is 4.60 Å². The molecule has 6 heteroatoms. The molecule has 92 valence electrons. The van der Waals surface area contributed by atoms with Gasteiger partial charge in [0.1, 0.15) is 4.60 Å². The molecule has 5 nitrogen and oxygen atoms in total. The highest BCUT2D eigenvalue weighted by Gasteiger charge is 2.48. The number of ether oxygens (including phenoxy) is 2. The minimum Gasteiger partial charge on any atom is -0.477 e. The van der Waals surface area contributed by atoms with Gasteiger partial charge in [0.25, 0.3) is 0 Å². The highest BCUT2D eigenvalue weighted by atomic mass is 79.9. The van der Waals surface area contributed by atoms with Gasteiger partial charge in [-0.3, -0.25) is 0 Å². The van der Waals surface area contributed by atoms with Crippen molar-refractivity contribution in [3.05, 3.63) is 10.2 Å². The molecule has 0 aromatic carbocycles. The SMILES string of the molecule is CCOC(=O)c1c(Br)nn2c1OCC1(CC1)C2. The summed E-state index contributed by atoms with van der Waals surface area (Å²) in [5, 5.41) is 4.30. The van der Waals surface area contributed by atoms with Gasteiger partial charge in [-0.25, -0.2) is 9.48 Å². The van der Waals surface area contributed by atoms with Gasteiger partial charge in [-0.05, 0) is 35.7 Å². The normalized spacial score (nSPS) is 19.6. The molecule has 2 heterocycles. The van der Waals surface area contributed by atoms with E-state index >= 15 is 0 Å². The van der Waals surface area contributed by atoms with E-state index < -0.39 is 0 Å². The molecule has 1 aliphatic carbocycles. The van der Waals surface area contributed by atoms with Crippen LogP contribution < -0.4 is 4.74 Å². The van der Waals surface area contributed by atoms with Crippen LogP contribution in [0.25, 0.3) is 0 Å². The predicted molar refractivity (Wildman–Crippen MR) is 63.0 cm³/mol. The summed E-state index contributed by atoms with van der Waals surface area (Å²) in [6, 6.07) is 0. The lowest BCUT2D eigenvalue weighted by atomic mass is 10.1. The number of hydrogen-bond acceptors (Lipinski definition) is 4. The topological polar surface area (TPSA) is 53.3 Å². The third kappa shape index (κ3) is 1.74. The summed E-state index contributed by atoms with van der Waals surface area (Å²) in [5.41, 5.74) is 0.673. The molecule has 1 aromatic rings. The Balaban J connectivity index is 1.95. The summed E-state index contributed by atoms with van der Waals surface area (Å²) in [7, 11) is 0. The van der Waals surface area contributed by atoms with Gasteiger partial charge in [-0.15, -0.1) is 0 Å². The molecule has 0 unspecified atom stereocenters. The second kappa shape index (κ2) is 3.73. The molecular formula is C11H13BrN2O3. The quantitative estimate of drug-likeness (QED) is 0.784. The van der Waals surface area contributed by atoms with Crippen molar-refractivity contribution >= 4 is 21.9 Å². The van der Waals surface area contributed by atoms with Crippen molar-refractivity contribution in [1.82, 2.24) is 9.78 Å². The molecule has 1 fully saturated rings. The van der Waals surface area contributed by atoms with E-state index in [0.717, 1.165) is 6.54 Å². The molecule has 0 amide bonds. The highest BCUT2D eigenvalue weighted by Crippen LogP contribution is 2.50. The molecule has 1 aromatic heterocycles. The maximum absolute atomic E-state index is 11.8. The van der Waals surface area contributed by atoms with Crippen molar-refractivity contribution in [3.8, 4) is 5.88 Å². The molecule has 2 aliphatic rings. The number of aromatic nitrogens is 2. The fourth-order valence-electron chi connectivity index (χ4n) is 2.11. The van der Waals surface area contributed by atoms with E-state index in [1.807, 2.05) is 0 Å². The maximum atomic E-state index is 11.8. The fraction of sp³-hybridized carbons (Fsp3) is 0.636. The summed E-state index contributed by atoms with van der Waals surface area (Å²) in [4.78, 5) is 11.8. The number of hydrogen-bond donors (Lipinski definition) is 0. The van der Waals surface area contributed by atoms with Crippen LogP contribution in [-0.4, -0.2) is 29.0 Å². The van der Waals surface area contributed by atoms with Gasteiger partial charge >= 0.3 is 5.97 Å². The van der Waals surface area contributed by atoms with Crippen LogP contribution in [0.4, 0.5) is 0 Å². The molecular weight excluding hydrogens is 288 g/mol. The summed E-state index contributed by atoms with van der Waals surface area (Å²) >= 11 is 3.29. The smallest absolute Gasteiger partial charge is 0.346 e. The lowest BCUT2D eigenvalue weighted by molar-refractivity contribution is 0.0514. The van der Waals surface area contributed by atoms with E-state index in [2.05, 4.69) is 21.0 Å². The zero-order valence-electron chi connectivity index (χ0n) is 9.53. The van der Waals surface area contributed by atoms with Crippen molar-refractivity contribution in [1.29, 1.82) is 0 Å². The lowest BCUT2D eigenvalue weighted by Gasteiger charge is -2.23. The number of carbonyl (C=O) groups excluding carboxylic acids is 1. The molecule has 0 bridgehead atoms. The van der Waals surface area contributed by atoms with Crippen molar-refractivity contribution < 1.29 is 14.3 Å². The molecule has 0 atom stereocenters. The minimum absolute atomic E-state index is 0.268. The number of nitrogens with zero attached hydrogens (tertiary/aromatic N) is 2.